The highest BCUT2D eigenvalue weighted by Crippen LogP contribution is 2.30. The van der Waals surface area contributed by atoms with Crippen LogP contribution in [0, 0.1) is 0 Å². The summed E-state index contributed by atoms with van der Waals surface area (Å²) in [6.45, 7) is 0. The van der Waals surface area contributed by atoms with Crippen molar-refractivity contribution < 1.29 is 22.7 Å². The van der Waals surface area contributed by atoms with Crippen LogP contribution in [-0.2, 0) is 10.0 Å². The Labute approximate surface area is 183 Å². The Kier molecular flexibility index (Phi) is 6.63. The van der Waals surface area contributed by atoms with Crippen molar-refractivity contribution in [1.29, 1.82) is 0 Å². The molecule has 0 saturated carbocycles. The van der Waals surface area contributed by atoms with Crippen LogP contribution in [0.2, 0.25) is 0 Å². The van der Waals surface area contributed by atoms with Gasteiger partial charge in [-0.05, 0) is 70.5 Å². The molecule has 9 heteroatoms. The zero-order chi connectivity index (χ0) is 21.7. The van der Waals surface area contributed by atoms with E-state index in [2.05, 4.69) is 26.0 Å². The van der Waals surface area contributed by atoms with Gasteiger partial charge in [0, 0.05) is 15.8 Å². The molecule has 3 aromatic carbocycles. The Morgan fingerprint density at radius 3 is 2.20 bits per heavy atom. The zero-order valence-corrected chi connectivity index (χ0v) is 18.6. The lowest BCUT2D eigenvalue weighted by Crippen LogP contribution is -2.16. The highest BCUT2D eigenvalue weighted by atomic mass is 79.9. The summed E-state index contributed by atoms with van der Waals surface area (Å²) < 4.78 is 39.3. The Morgan fingerprint density at radius 2 is 1.57 bits per heavy atom. The van der Waals surface area contributed by atoms with Crippen molar-refractivity contribution in [2.24, 2.45) is 0 Å². The minimum Gasteiger partial charge on any atom is -0.497 e. The molecule has 0 aromatic heterocycles. The average molecular weight is 491 g/mol. The van der Waals surface area contributed by atoms with Crippen LogP contribution >= 0.6 is 15.9 Å². The minimum absolute atomic E-state index is 0.106. The molecule has 7 nitrogen and oxygen atoms in total. The summed E-state index contributed by atoms with van der Waals surface area (Å²) in [4.78, 5) is 12.4. The van der Waals surface area contributed by atoms with Crippen LogP contribution < -0.4 is 19.5 Å². The third kappa shape index (κ3) is 4.92. The quantitative estimate of drug-likeness (QED) is 0.507. The largest absolute Gasteiger partial charge is 0.497 e. The summed E-state index contributed by atoms with van der Waals surface area (Å²) >= 11 is 3.33. The van der Waals surface area contributed by atoms with E-state index < -0.39 is 10.0 Å². The van der Waals surface area contributed by atoms with Gasteiger partial charge in [-0.2, -0.15) is 0 Å². The molecule has 0 heterocycles. The van der Waals surface area contributed by atoms with Crippen LogP contribution in [0.15, 0.2) is 76.1 Å². The van der Waals surface area contributed by atoms with E-state index >= 15 is 0 Å². The molecule has 0 fully saturated rings. The third-order valence-electron chi connectivity index (χ3n) is 4.17. The van der Waals surface area contributed by atoms with Gasteiger partial charge in [0.2, 0.25) is 0 Å². The molecular formula is C21H19BrN2O5S. The molecular weight excluding hydrogens is 472 g/mol. The molecule has 0 bridgehead atoms. The molecule has 1 amide bonds. The average Bonchev–Trinajstić information content (AvgIpc) is 2.74. The van der Waals surface area contributed by atoms with Crippen molar-refractivity contribution in [3.8, 4) is 11.5 Å². The maximum atomic E-state index is 13.0. The molecule has 3 rings (SSSR count). The fourth-order valence-corrected chi connectivity index (χ4v) is 4.40. The van der Waals surface area contributed by atoms with E-state index in [0.717, 1.165) is 0 Å². The predicted octanol–water partition coefficient (Wildman–Crippen LogP) is 4.52. The van der Waals surface area contributed by atoms with E-state index in [1.165, 1.54) is 26.4 Å². The number of hydrogen-bond acceptors (Lipinski definition) is 5. The van der Waals surface area contributed by atoms with Gasteiger partial charge in [0.05, 0.1) is 19.8 Å². The molecule has 0 aliphatic carbocycles. The van der Waals surface area contributed by atoms with E-state index in [0.29, 0.717) is 27.2 Å². The van der Waals surface area contributed by atoms with Gasteiger partial charge >= 0.3 is 0 Å². The molecule has 3 aromatic rings. The maximum absolute atomic E-state index is 13.0. The Hall–Kier alpha value is -3.04. The molecule has 0 aliphatic heterocycles. The van der Waals surface area contributed by atoms with Gasteiger partial charge in [-0.1, -0.05) is 12.1 Å². The third-order valence-corrected chi connectivity index (χ3v) is 6.27. The van der Waals surface area contributed by atoms with Gasteiger partial charge in [-0.25, -0.2) is 8.42 Å². The van der Waals surface area contributed by atoms with Crippen molar-refractivity contribution in [2.75, 3.05) is 24.3 Å². The van der Waals surface area contributed by atoms with Crippen molar-refractivity contribution in [3.63, 3.8) is 0 Å². The first-order valence-corrected chi connectivity index (χ1v) is 11.0. The monoisotopic (exact) mass is 490 g/mol. The lowest BCUT2D eigenvalue weighted by Gasteiger charge is -2.14. The van der Waals surface area contributed by atoms with Gasteiger partial charge < -0.3 is 14.8 Å². The summed E-state index contributed by atoms with van der Waals surface area (Å²) in [6.07, 6.45) is 0. The molecule has 156 valence electrons. The highest BCUT2D eigenvalue weighted by molar-refractivity contribution is 9.10. The lowest BCUT2D eigenvalue weighted by molar-refractivity contribution is 0.102. The molecule has 30 heavy (non-hydrogen) atoms. The van der Waals surface area contributed by atoms with Crippen molar-refractivity contribution >= 4 is 43.2 Å². The van der Waals surface area contributed by atoms with Crippen LogP contribution in [-0.4, -0.2) is 28.5 Å². The normalized spacial score (nSPS) is 10.9. The Balaban J connectivity index is 1.89. The van der Waals surface area contributed by atoms with Gasteiger partial charge in [0.15, 0.2) is 0 Å². The predicted molar refractivity (Wildman–Crippen MR) is 119 cm³/mol. The summed E-state index contributed by atoms with van der Waals surface area (Å²) in [7, 11) is -1.08. The number of hydrogen-bond donors (Lipinski definition) is 2. The molecule has 0 unspecified atom stereocenters. The van der Waals surface area contributed by atoms with Crippen LogP contribution in [0.5, 0.6) is 11.5 Å². The van der Waals surface area contributed by atoms with Gasteiger partial charge in [0.1, 0.15) is 16.4 Å². The van der Waals surface area contributed by atoms with Crippen LogP contribution in [0.3, 0.4) is 0 Å². The number of nitrogens with one attached hydrogen (secondary N) is 2. The van der Waals surface area contributed by atoms with Crippen LogP contribution in [0.25, 0.3) is 0 Å². The number of sulfonamides is 1. The second kappa shape index (κ2) is 9.19. The smallest absolute Gasteiger partial charge is 0.265 e. The topological polar surface area (TPSA) is 93.7 Å². The number of carbonyl (C=O) groups excluding carboxylic acids is 1. The number of anilines is 2. The summed E-state index contributed by atoms with van der Waals surface area (Å²) in [5.74, 6) is 0.376. The van der Waals surface area contributed by atoms with E-state index in [-0.39, 0.29) is 16.6 Å². The lowest BCUT2D eigenvalue weighted by atomic mass is 10.2. The number of amides is 1. The van der Waals surface area contributed by atoms with E-state index in [1.807, 2.05) is 0 Å². The number of methoxy groups -OCH3 is 2. The summed E-state index contributed by atoms with van der Waals surface area (Å²) in [5, 5.41) is 2.71. The van der Waals surface area contributed by atoms with Crippen molar-refractivity contribution in [3.05, 3.63) is 76.8 Å². The van der Waals surface area contributed by atoms with E-state index in [4.69, 9.17) is 9.47 Å². The highest BCUT2D eigenvalue weighted by Gasteiger charge is 2.21. The van der Waals surface area contributed by atoms with Crippen molar-refractivity contribution in [1.82, 2.24) is 0 Å². The number of ether oxygens (including phenoxy) is 2. The number of carbonyl (C=O) groups is 1. The molecule has 2 N–H and O–H groups in total. The Morgan fingerprint density at radius 1 is 0.900 bits per heavy atom. The van der Waals surface area contributed by atoms with E-state index in [1.54, 1.807) is 54.6 Å². The SMILES string of the molecule is COc1ccc(NS(=O)(=O)c2cc(NC(=O)c3ccccc3Br)ccc2OC)cc1. The first kappa shape index (κ1) is 21.7. The minimum atomic E-state index is -3.98. The van der Waals surface area contributed by atoms with Gasteiger partial charge in [-0.3, -0.25) is 9.52 Å². The first-order chi connectivity index (χ1) is 14.3. The molecule has 0 saturated heterocycles. The molecule has 0 spiro atoms. The van der Waals surface area contributed by atoms with Crippen LogP contribution in [0.4, 0.5) is 11.4 Å². The molecule has 0 radical (unpaired) electrons. The fraction of sp³-hybridized carbons (Fsp3) is 0.0952. The second-order valence-corrected chi connectivity index (χ2v) is 8.64. The summed E-state index contributed by atoms with van der Waals surface area (Å²) in [5.41, 5.74) is 1.10. The first-order valence-electron chi connectivity index (χ1n) is 8.75. The number of halogens is 1. The number of rotatable bonds is 7. The standard InChI is InChI=1S/C21H19BrN2O5S/c1-28-16-10-7-14(8-11-16)24-30(26,27)20-13-15(9-12-19(20)29-2)23-21(25)17-5-3-4-6-18(17)22/h3-13,24H,1-2H3,(H,23,25). The van der Waals surface area contributed by atoms with Crippen LogP contribution in [0.1, 0.15) is 10.4 Å². The summed E-state index contributed by atoms with van der Waals surface area (Å²) in [6, 6.07) is 17.8. The van der Waals surface area contributed by atoms with Gasteiger partial charge in [-0.15, -0.1) is 0 Å². The molecule has 0 aliphatic rings. The Bertz CT molecular complexity index is 1160. The number of benzene rings is 3. The van der Waals surface area contributed by atoms with Crippen molar-refractivity contribution in [2.45, 2.75) is 4.90 Å². The maximum Gasteiger partial charge on any atom is 0.265 e. The zero-order valence-electron chi connectivity index (χ0n) is 16.2. The fourth-order valence-electron chi connectivity index (χ4n) is 2.68. The van der Waals surface area contributed by atoms with Gasteiger partial charge in [0.25, 0.3) is 15.9 Å². The second-order valence-electron chi connectivity index (χ2n) is 6.13. The van der Waals surface area contributed by atoms with E-state index in [9.17, 15) is 13.2 Å². The molecule has 0 atom stereocenters.